The van der Waals surface area contributed by atoms with E-state index in [2.05, 4.69) is 34.3 Å². The molecule has 26 heavy (non-hydrogen) atoms. The summed E-state index contributed by atoms with van der Waals surface area (Å²) in [6.45, 7) is 5.77. The standard InChI is InChI=1S/C19H27N5O2/c1-11(2)14-5-6-16(23-22-14)24-9-13(12-3-4-12)15(10-24)21-18(26)19(7-8-19)17(20)25/h5-6,11-13,15H,3-4,7-10H2,1-2H3,(H2,20,25)(H,21,26)/t13-,15+/m1/s1. The molecule has 4 rings (SSSR count). The number of nitrogens with two attached hydrogens (primary N) is 1. The summed E-state index contributed by atoms with van der Waals surface area (Å²) in [5, 5.41) is 11.8. The highest BCUT2D eigenvalue weighted by Gasteiger charge is 2.56. The molecule has 7 nitrogen and oxygen atoms in total. The quantitative estimate of drug-likeness (QED) is 0.745. The topological polar surface area (TPSA) is 101 Å². The van der Waals surface area contributed by atoms with Crippen LogP contribution < -0.4 is 16.0 Å². The van der Waals surface area contributed by atoms with Crippen LogP contribution in [0.4, 0.5) is 5.82 Å². The molecular formula is C19H27N5O2. The van der Waals surface area contributed by atoms with Crippen molar-refractivity contribution in [2.75, 3.05) is 18.0 Å². The highest BCUT2D eigenvalue weighted by molar-refractivity contribution is 6.07. The SMILES string of the molecule is CC(C)c1ccc(N2C[C@H](NC(=O)C3(C(N)=O)CC3)[C@@H](C3CC3)C2)nn1. The lowest BCUT2D eigenvalue weighted by Gasteiger charge is -2.21. The lowest BCUT2D eigenvalue weighted by atomic mass is 9.96. The van der Waals surface area contributed by atoms with E-state index in [0.717, 1.165) is 18.1 Å². The summed E-state index contributed by atoms with van der Waals surface area (Å²) >= 11 is 0. The minimum absolute atomic E-state index is 0.0402. The molecule has 0 bridgehead atoms. The average Bonchev–Trinajstić information content (AvgIpc) is 3.52. The Kier molecular flexibility index (Phi) is 4.12. The lowest BCUT2D eigenvalue weighted by Crippen LogP contribution is -2.48. The summed E-state index contributed by atoms with van der Waals surface area (Å²) in [5.74, 6) is 1.57. The number of nitrogens with zero attached hydrogens (tertiary/aromatic N) is 3. The molecule has 1 aromatic heterocycles. The predicted octanol–water partition coefficient (Wildman–Crippen LogP) is 1.20. The van der Waals surface area contributed by atoms with Gasteiger partial charge in [-0.15, -0.1) is 5.10 Å². The largest absolute Gasteiger partial charge is 0.369 e. The minimum atomic E-state index is -0.958. The Morgan fingerprint density at radius 3 is 2.46 bits per heavy atom. The second-order valence-corrected chi connectivity index (χ2v) is 8.40. The monoisotopic (exact) mass is 357 g/mol. The van der Waals surface area contributed by atoms with Gasteiger partial charge in [0.15, 0.2) is 5.82 Å². The Bertz CT molecular complexity index is 709. The van der Waals surface area contributed by atoms with Gasteiger partial charge in [0.2, 0.25) is 11.8 Å². The van der Waals surface area contributed by atoms with Gasteiger partial charge in [-0.2, -0.15) is 5.10 Å². The number of primary amides is 1. The molecule has 3 fully saturated rings. The van der Waals surface area contributed by atoms with Crippen molar-refractivity contribution in [3.05, 3.63) is 17.8 Å². The molecule has 2 amide bonds. The van der Waals surface area contributed by atoms with Crippen molar-refractivity contribution < 1.29 is 9.59 Å². The average molecular weight is 357 g/mol. The lowest BCUT2D eigenvalue weighted by molar-refractivity contribution is -0.135. The van der Waals surface area contributed by atoms with Crippen LogP contribution in [0, 0.1) is 17.3 Å². The van der Waals surface area contributed by atoms with E-state index in [0.29, 0.717) is 37.1 Å². The van der Waals surface area contributed by atoms with Gasteiger partial charge >= 0.3 is 0 Å². The number of amides is 2. The van der Waals surface area contributed by atoms with Gasteiger partial charge in [-0.25, -0.2) is 0 Å². The van der Waals surface area contributed by atoms with Gasteiger partial charge in [0.05, 0.1) is 11.7 Å². The predicted molar refractivity (Wildman–Crippen MR) is 97.3 cm³/mol. The number of carbonyl (C=O) groups is 2. The highest BCUT2D eigenvalue weighted by atomic mass is 16.2. The molecule has 3 N–H and O–H groups in total. The van der Waals surface area contributed by atoms with Gasteiger partial charge in [0.1, 0.15) is 5.41 Å². The van der Waals surface area contributed by atoms with Crippen LogP contribution in [-0.4, -0.2) is 41.1 Å². The second kappa shape index (κ2) is 6.21. The fraction of sp³-hybridized carbons (Fsp3) is 0.684. The Balaban J connectivity index is 1.47. The van der Waals surface area contributed by atoms with Crippen LogP contribution >= 0.6 is 0 Å². The van der Waals surface area contributed by atoms with Gasteiger partial charge in [0.25, 0.3) is 0 Å². The smallest absolute Gasteiger partial charge is 0.235 e. The van der Waals surface area contributed by atoms with Gasteiger partial charge in [-0.05, 0) is 49.7 Å². The summed E-state index contributed by atoms with van der Waals surface area (Å²) in [7, 11) is 0. The maximum absolute atomic E-state index is 12.6. The third kappa shape index (κ3) is 3.04. The first-order valence-corrected chi connectivity index (χ1v) is 9.60. The summed E-state index contributed by atoms with van der Waals surface area (Å²) in [5.41, 5.74) is 5.47. The van der Waals surface area contributed by atoms with E-state index in [1.807, 2.05) is 12.1 Å². The van der Waals surface area contributed by atoms with Crippen LogP contribution in [0.2, 0.25) is 0 Å². The molecule has 2 heterocycles. The normalized spacial score (nSPS) is 26.8. The number of hydrogen-bond acceptors (Lipinski definition) is 5. The van der Waals surface area contributed by atoms with E-state index in [1.54, 1.807) is 0 Å². The molecule has 1 saturated heterocycles. The Morgan fingerprint density at radius 2 is 1.96 bits per heavy atom. The maximum atomic E-state index is 12.6. The molecule has 2 aliphatic carbocycles. The van der Waals surface area contributed by atoms with Crippen LogP contribution in [0.1, 0.15) is 51.1 Å². The molecule has 0 aromatic carbocycles. The zero-order valence-corrected chi connectivity index (χ0v) is 15.4. The Morgan fingerprint density at radius 1 is 1.23 bits per heavy atom. The summed E-state index contributed by atoms with van der Waals surface area (Å²) in [4.78, 5) is 26.5. The van der Waals surface area contributed by atoms with E-state index in [4.69, 9.17) is 5.73 Å². The van der Waals surface area contributed by atoms with Crippen molar-refractivity contribution in [1.29, 1.82) is 0 Å². The highest BCUT2D eigenvalue weighted by Crippen LogP contribution is 2.47. The third-order valence-corrected chi connectivity index (χ3v) is 6.15. The number of nitrogens with one attached hydrogen (secondary N) is 1. The van der Waals surface area contributed by atoms with Crippen LogP contribution in [0.5, 0.6) is 0 Å². The molecule has 1 aliphatic heterocycles. The molecule has 0 spiro atoms. The zero-order chi connectivity index (χ0) is 18.5. The minimum Gasteiger partial charge on any atom is -0.369 e. The summed E-state index contributed by atoms with van der Waals surface area (Å²) in [6.07, 6.45) is 3.56. The van der Waals surface area contributed by atoms with Crippen LogP contribution in [-0.2, 0) is 9.59 Å². The van der Waals surface area contributed by atoms with E-state index < -0.39 is 11.3 Å². The van der Waals surface area contributed by atoms with E-state index >= 15 is 0 Å². The van der Waals surface area contributed by atoms with Gasteiger partial charge < -0.3 is 16.0 Å². The zero-order valence-electron chi connectivity index (χ0n) is 15.4. The number of rotatable bonds is 6. The Hall–Kier alpha value is -2.18. The first-order valence-electron chi connectivity index (χ1n) is 9.60. The molecule has 3 aliphatic rings. The van der Waals surface area contributed by atoms with Crippen LogP contribution in [0.15, 0.2) is 12.1 Å². The van der Waals surface area contributed by atoms with Crippen molar-refractivity contribution in [3.63, 3.8) is 0 Å². The van der Waals surface area contributed by atoms with Crippen molar-refractivity contribution in [1.82, 2.24) is 15.5 Å². The van der Waals surface area contributed by atoms with E-state index in [1.165, 1.54) is 12.8 Å². The fourth-order valence-corrected chi connectivity index (χ4v) is 4.00. The number of hydrogen-bond donors (Lipinski definition) is 2. The van der Waals surface area contributed by atoms with Crippen molar-refractivity contribution in [2.24, 2.45) is 23.0 Å². The molecule has 2 saturated carbocycles. The molecule has 140 valence electrons. The van der Waals surface area contributed by atoms with Gasteiger partial charge in [-0.3, -0.25) is 9.59 Å². The molecule has 0 radical (unpaired) electrons. The van der Waals surface area contributed by atoms with Crippen LogP contribution in [0.25, 0.3) is 0 Å². The molecular weight excluding hydrogens is 330 g/mol. The fourth-order valence-electron chi connectivity index (χ4n) is 4.00. The number of aromatic nitrogens is 2. The Labute approximate surface area is 153 Å². The van der Waals surface area contributed by atoms with Crippen molar-refractivity contribution in [2.45, 2.75) is 51.5 Å². The van der Waals surface area contributed by atoms with Gasteiger partial charge in [-0.1, -0.05) is 13.8 Å². The van der Waals surface area contributed by atoms with Gasteiger partial charge in [0, 0.05) is 19.0 Å². The number of anilines is 1. The first-order chi connectivity index (χ1) is 12.4. The third-order valence-electron chi connectivity index (χ3n) is 6.15. The van der Waals surface area contributed by atoms with Crippen LogP contribution in [0.3, 0.4) is 0 Å². The molecule has 1 aromatic rings. The van der Waals surface area contributed by atoms with E-state index in [9.17, 15) is 9.59 Å². The molecule has 0 unspecified atom stereocenters. The van der Waals surface area contributed by atoms with E-state index in [-0.39, 0.29) is 11.9 Å². The van der Waals surface area contributed by atoms with Crippen molar-refractivity contribution >= 4 is 17.6 Å². The first kappa shape index (κ1) is 17.2. The maximum Gasteiger partial charge on any atom is 0.235 e. The summed E-state index contributed by atoms with van der Waals surface area (Å²) < 4.78 is 0. The number of carbonyl (C=O) groups excluding carboxylic acids is 2. The van der Waals surface area contributed by atoms with Crippen molar-refractivity contribution in [3.8, 4) is 0 Å². The molecule has 2 atom stereocenters. The molecule has 7 heteroatoms. The summed E-state index contributed by atoms with van der Waals surface area (Å²) in [6, 6.07) is 4.08. The second-order valence-electron chi connectivity index (χ2n) is 8.40.